The molecular weight excluding hydrogens is 318 g/mol. The average molecular weight is 334 g/mol. The van der Waals surface area contributed by atoms with Crippen molar-refractivity contribution in [3.63, 3.8) is 0 Å². The van der Waals surface area contributed by atoms with E-state index in [0.717, 1.165) is 0 Å². The molecule has 0 fully saturated rings. The Morgan fingerprint density at radius 3 is 2.48 bits per heavy atom. The van der Waals surface area contributed by atoms with E-state index in [4.69, 9.17) is 21.4 Å². The molecule has 6 heteroatoms. The number of benzene rings is 2. The summed E-state index contributed by atoms with van der Waals surface area (Å²) in [5.74, 6) is -0.810. The molecule has 0 aliphatic heterocycles. The molecule has 2 aromatic carbocycles. The van der Waals surface area contributed by atoms with E-state index in [-0.39, 0.29) is 11.5 Å². The van der Waals surface area contributed by atoms with Crippen molar-refractivity contribution < 1.29 is 19.4 Å². The Kier molecular flexibility index (Phi) is 5.60. The highest BCUT2D eigenvalue weighted by atomic mass is 35.5. The molecule has 0 saturated carbocycles. The Bertz CT molecular complexity index is 700. The number of amides is 1. The summed E-state index contributed by atoms with van der Waals surface area (Å²) in [5, 5.41) is 12.1. The Morgan fingerprint density at radius 1 is 1.22 bits per heavy atom. The number of carbonyl (C=O) groups excluding carboxylic acids is 1. The number of anilines is 1. The van der Waals surface area contributed by atoms with E-state index in [9.17, 15) is 9.59 Å². The molecule has 0 saturated heterocycles. The van der Waals surface area contributed by atoms with Gasteiger partial charge in [-0.05, 0) is 48.9 Å². The number of rotatable bonds is 6. The quantitative estimate of drug-likeness (QED) is 0.842. The molecule has 0 spiro atoms. The second kappa shape index (κ2) is 7.65. The van der Waals surface area contributed by atoms with Gasteiger partial charge >= 0.3 is 5.97 Å². The first-order valence-electron chi connectivity index (χ1n) is 7.06. The first kappa shape index (κ1) is 16.8. The maximum Gasteiger partial charge on any atom is 0.335 e. The molecule has 5 nitrogen and oxygen atoms in total. The molecule has 1 amide bonds. The molecule has 0 aliphatic carbocycles. The maximum atomic E-state index is 12.3. The average Bonchev–Trinajstić information content (AvgIpc) is 2.53. The molecule has 1 unspecified atom stereocenters. The number of carboxylic acids is 1. The fourth-order valence-corrected chi connectivity index (χ4v) is 2.13. The van der Waals surface area contributed by atoms with Crippen LogP contribution in [0, 0.1) is 0 Å². The van der Waals surface area contributed by atoms with E-state index in [2.05, 4.69) is 5.32 Å². The van der Waals surface area contributed by atoms with Gasteiger partial charge in [0.15, 0.2) is 6.10 Å². The van der Waals surface area contributed by atoms with Crippen molar-refractivity contribution in [3.05, 3.63) is 59.1 Å². The highest BCUT2D eigenvalue weighted by Gasteiger charge is 2.18. The van der Waals surface area contributed by atoms with Crippen LogP contribution >= 0.6 is 11.6 Å². The molecule has 2 aromatic rings. The van der Waals surface area contributed by atoms with E-state index in [1.54, 1.807) is 24.3 Å². The largest absolute Gasteiger partial charge is 0.481 e. The van der Waals surface area contributed by atoms with Crippen molar-refractivity contribution >= 4 is 29.2 Å². The first-order chi connectivity index (χ1) is 11.0. The van der Waals surface area contributed by atoms with Crippen LogP contribution in [0.1, 0.15) is 23.7 Å². The number of hydrogen-bond acceptors (Lipinski definition) is 3. The van der Waals surface area contributed by atoms with Crippen LogP contribution in [0.15, 0.2) is 48.5 Å². The van der Waals surface area contributed by atoms with Crippen LogP contribution in [-0.4, -0.2) is 23.1 Å². The molecule has 1 atom stereocenters. The Balaban J connectivity index is 2.03. The normalized spacial score (nSPS) is 11.6. The zero-order valence-electron chi connectivity index (χ0n) is 12.5. The maximum absolute atomic E-state index is 12.3. The lowest BCUT2D eigenvalue weighted by atomic mass is 10.2. The minimum atomic E-state index is -1.02. The lowest BCUT2D eigenvalue weighted by molar-refractivity contribution is -0.122. The van der Waals surface area contributed by atoms with E-state index < -0.39 is 12.1 Å². The van der Waals surface area contributed by atoms with Crippen molar-refractivity contribution in [3.8, 4) is 5.75 Å². The molecule has 0 aromatic heterocycles. The zero-order chi connectivity index (χ0) is 16.8. The molecule has 0 bridgehead atoms. The van der Waals surface area contributed by atoms with Crippen molar-refractivity contribution in [1.29, 1.82) is 0 Å². The van der Waals surface area contributed by atoms with Crippen molar-refractivity contribution in [2.75, 3.05) is 5.32 Å². The van der Waals surface area contributed by atoms with Gasteiger partial charge in [0, 0.05) is 10.7 Å². The topological polar surface area (TPSA) is 75.6 Å². The zero-order valence-corrected chi connectivity index (χ0v) is 13.2. The predicted octanol–water partition coefficient (Wildman–Crippen LogP) is 3.83. The summed E-state index contributed by atoms with van der Waals surface area (Å²) >= 11 is 5.89. The second-order valence-corrected chi connectivity index (χ2v) is 5.28. The van der Waals surface area contributed by atoms with Crippen molar-refractivity contribution in [2.45, 2.75) is 19.4 Å². The standard InChI is InChI=1S/C17H16ClNO4/c1-2-15(23-14-5-3-4-12(18)10-14)16(20)19-13-8-6-11(7-9-13)17(21)22/h3-10,15H,2H2,1H3,(H,19,20)(H,21,22). The minimum Gasteiger partial charge on any atom is -0.481 e. The highest BCUT2D eigenvalue weighted by Crippen LogP contribution is 2.20. The van der Waals surface area contributed by atoms with Crippen LogP contribution in [-0.2, 0) is 4.79 Å². The fraction of sp³-hybridized carbons (Fsp3) is 0.176. The summed E-state index contributed by atoms with van der Waals surface area (Å²) in [6.45, 7) is 1.84. The van der Waals surface area contributed by atoms with Gasteiger partial charge in [-0.25, -0.2) is 4.79 Å². The SMILES string of the molecule is CCC(Oc1cccc(Cl)c1)C(=O)Nc1ccc(C(=O)O)cc1. The van der Waals surface area contributed by atoms with Gasteiger partial charge in [-0.15, -0.1) is 0 Å². The number of hydrogen-bond donors (Lipinski definition) is 2. The first-order valence-corrected chi connectivity index (χ1v) is 7.44. The summed E-state index contributed by atoms with van der Waals surface area (Å²) in [4.78, 5) is 23.1. The summed E-state index contributed by atoms with van der Waals surface area (Å²) < 4.78 is 5.65. The number of ether oxygens (including phenoxy) is 1. The van der Waals surface area contributed by atoms with Crippen LogP contribution in [0.5, 0.6) is 5.75 Å². The van der Waals surface area contributed by atoms with Gasteiger partial charge in [0.1, 0.15) is 5.75 Å². The molecule has 0 radical (unpaired) electrons. The van der Waals surface area contributed by atoms with Gasteiger partial charge in [0.2, 0.25) is 0 Å². The van der Waals surface area contributed by atoms with Gasteiger partial charge < -0.3 is 15.2 Å². The molecule has 0 aliphatic rings. The monoisotopic (exact) mass is 333 g/mol. The van der Waals surface area contributed by atoms with Gasteiger partial charge in [-0.2, -0.15) is 0 Å². The van der Waals surface area contributed by atoms with Crippen LogP contribution in [0.25, 0.3) is 0 Å². The number of carboxylic acid groups (broad SMARTS) is 1. The van der Waals surface area contributed by atoms with E-state index in [1.165, 1.54) is 24.3 Å². The van der Waals surface area contributed by atoms with Crippen LogP contribution in [0.3, 0.4) is 0 Å². The summed E-state index contributed by atoms with van der Waals surface area (Å²) in [5.41, 5.74) is 0.665. The summed E-state index contributed by atoms with van der Waals surface area (Å²) in [7, 11) is 0. The van der Waals surface area contributed by atoms with Crippen molar-refractivity contribution in [2.24, 2.45) is 0 Å². The Labute approximate surface area is 138 Å². The lowest BCUT2D eigenvalue weighted by Gasteiger charge is -2.17. The molecular formula is C17H16ClNO4. The number of carbonyl (C=O) groups is 2. The van der Waals surface area contributed by atoms with Gasteiger partial charge in [0.05, 0.1) is 5.56 Å². The van der Waals surface area contributed by atoms with Gasteiger partial charge in [-0.1, -0.05) is 24.6 Å². The van der Waals surface area contributed by atoms with E-state index >= 15 is 0 Å². The van der Waals surface area contributed by atoms with Crippen LogP contribution < -0.4 is 10.1 Å². The molecule has 2 rings (SSSR count). The van der Waals surface area contributed by atoms with Gasteiger partial charge in [-0.3, -0.25) is 4.79 Å². The molecule has 2 N–H and O–H groups in total. The third kappa shape index (κ3) is 4.72. The predicted molar refractivity (Wildman–Crippen MR) is 88.2 cm³/mol. The van der Waals surface area contributed by atoms with Crippen LogP contribution in [0.2, 0.25) is 5.02 Å². The highest BCUT2D eigenvalue weighted by molar-refractivity contribution is 6.30. The van der Waals surface area contributed by atoms with Crippen molar-refractivity contribution in [1.82, 2.24) is 0 Å². The number of halogens is 1. The smallest absolute Gasteiger partial charge is 0.335 e. The summed E-state index contributed by atoms with van der Waals surface area (Å²) in [6.07, 6.45) is -0.196. The molecule has 120 valence electrons. The van der Waals surface area contributed by atoms with Crippen LogP contribution in [0.4, 0.5) is 5.69 Å². The third-order valence-corrected chi connectivity index (χ3v) is 3.37. The third-order valence-electron chi connectivity index (χ3n) is 3.14. The number of aromatic carboxylic acids is 1. The second-order valence-electron chi connectivity index (χ2n) is 4.84. The lowest BCUT2D eigenvalue weighted by Crippen LogP contribution is -2.32. The Hall–Kier alpha value is -2.53. The molecule has 23 heavy (non-hydrogen) atoms. The Morgan fingerprint density at radius 2 is 1.91 bits per heavy atom. The van der Waals surface area contributed by atoms with E-state index in [0.29, 0.717) is 22.9 Å². The molecule has 0 heterocycles. The fourth-order valence-electron chi connectivity index (χ4n) is 1.95. The minimum absolute atomic E-state index is 0.158. The van der Waals surface area contributed by atoms with E-state index in [1.807, 2.05) is 6.92 Å². The number of nitrogens with one attached hydrogen (secondary N) is 1. The summed E-state index contributed by atoms with van der Waals surface area (Å²) in [6, 6.07) is 12.8. The van der Waals surface area contributed by atoms with Gasteiger partial charge in [0.25, 0.3) is 5.91 Å².